The predicted molar refractivity (Wildman–Crippen MR) is 128 cm³/mol. The van der Waals surface area contributed by atoms with E-state index < -0.39 is 15.4 Å². The standard InChI is InChI=1S/C23H26N4O3S2/c1-5-30-17-11-12-18-19(13-17)31-22(24-18)26-32(28,29)20-15-27(25-21(20)23(2,3)4)14-16-9-7-6-8-10-16/h6-13,15H,5,14H2,1-4H3,(H,24,26). The van der Waals surface area contributed by atoms with Gasteiger partial charge in [0.15, 0.2) is 5.13 Å². The molecule has 0 saturated heterocycles. The number of sulfonamides is 1. The molecule has 32 heavy (non-hydrogen) atoms. The number of hydrogen-bond acceptors (Lipinski definition) is 6. The molecular formula is C23H26N4O3S2. The molecule has 0 radical (unpaired) electrons. The average molecular weight is 471 g/mol. The second-order valence-electron chi connectivity index (χ2n) is 8.46. The Balaban J connectivity index is 1.67. The van der Waals surface area contributed by atoms with E-state index in [4.69, 9.17) is 4.74 Å². The number of nitrogens with one attached hydrogen (secondary N) is 1. The van der Waals surface area contributed by atoms with Crippen LogP contribution in [-0.4, -0.2) is 29.8 Å². The van der Waals surface area contributed by atoms with E-state index in [1.807, 2.05) is 76.2 Å². The molecule has 0 atom stereocenters. The zero-order valence-corrected chi connectivity index (χ0v) is 20.1. The van der Waals surface area contributed by atoms with Crippen molar-refractivity contribution in [3.63, 3.8) is 0 Å². The molecule has 0 bridgehead atoms. The summed E-state index contributed by atoms with van der Waals surface area (Å²) in [7, 11) is -3.88. The molecular weight excluding hydrogens is 444 g/mol. The fourth-order valence-electron chi connectivity index (χ4n) is 3.35. The van der Waals surface area contributed by atoms with Crippen LogP contribution in [0.4, 0.5) is 5.13 Å². The van der Waals surface area contributed by atoms with Gasteiger partial charge in [-0.25, -0.2) is 13.4 Å². The molecule has 2 heterocycles. The quantitative estimate of drug-likeness (QED) is 0.409. The van der Waals surface area contributed by atoms with Crippen LogP contribution < -0.4 is 9.46 Å². The maximum absolute atomic E-state index is 13.4. The van der Waals surface area contributed by atoms with E-state index in [0.717, 1.165) is 16.0 Å². The molecule has 0 saturated carbocycles. The maximum atomic E-state index is 13.4. The minimum atomic E-state index is -3.88. The summed E-state index contributed by atoms with van der Waals surface area (Å²) in [5.41, 5.74) is 1.82. The zero-order valence-electron chi connectivity index (χ0n) is 18.5. The first-order valence-electron chi connectivity index (χ1n) is 10.3. The van der Waals surface area contributed by atoms with Gasteiger partial charge in [-0.3, -0.25) is 9.40 Å². The van der Waals surface area contributed by atoms with Gasteiger partial charge >= 0.3 is 0 Å². The molecule has 0 unspecified atom stereocenters. The fourth-order valence-corrected chi connectivity index (χ4v) is 5.83. The number of fused-ring (bicyclic) bond motifs is 1. The summed E-state index contributed by atoms with van der Waals surface area (Å²) in [5.74, 6) is 0.732. The van der Waals surface area contributed by atoms with Crippen LogP contribution in [-0.2, 0) is 22.0 Å². The number of aromatic nitrogens is 3. The second-order valence-corrected chi connectivity index (χ2v) is 11.1. The molecule has 9 heteroatoms. The van der Waals surface area contributed by atoms with Crippen molar-refractivity contribution in [2.75, 3.05) is 11.3 Å². The molecule has 4 aromatic rings. The van der Waals surface area contributed by atoms with Crippen LogP contribution in [0.3, 0.4) is 0 Å². The highest BCUT2D eigenvalue weighted by molar-refractivity contribution is 7.93. The molecule has 0 aliphatic heterocycles. The van der Waals surface area contributed by atoms with Crippen molar-refractivity contribution in [2.45, 2.75) is 44.6 Å². The normalized spacial score (nSPS) is 12.2. The Hall–Kier alpha value is -2.91. The minimum absolute atomic E-state index is 0.162. The third kappa shape index (κ3) is 4.78. The number of ether oxygens (including phenoxy) is 1. The summed E-state index contributed by atoms with van der Waals surface area (Å²) in [5, 5.41) is 4.93. The molecule has 7 nitrogen and oxygen atoms in total. The third-order valence-electron chi connectivity index (χ3n) is 4.81. The van der Waals surface area contributed by atoms with E-state index in [-0.39, 0.29) is 4.90 Å². The highest BCUT2D eigenvalue weighted by atomic mass is 32.2. The van der Waals surface area contributed by atoms with Crippen molar-refractivity contribution >= 4 is 36.7 Å². The van der Waals surface area contributed by atoms with Crippen LogP contribution >= 0.6 is 11.3 Å². The Morgan fingerprint density at radius 2 is 1.88 bits per heavy atom. The summed E-state index contributed by atoms with van der Waals surface area (Å²) in [6.45, 7) is 8.82. The van der Waals surface area contributed by atoms with E-state index in [1.54, 1.807) is 10.9 Å². The van der Waals surface area contributed by atoms with Gasteiger partial charge in [-0.2, -0.15) is 5.10 Å². The lowest BCUT2D eigenvalue weighted by molar-refractivity contribution is 0.341. The summed E-state index contributed by atoms with van der Waals surface area (Å²) in [6.07, 6.45) is 1.59. The lowest BCUT2D eigenvalue weighted by atomic mass is 9.92. The molecule has 0 aliphatic rings. The van der Waals surface area contributed by atoms with Gasteiger partial charge in [0.25, 0.3) is 10.0 Å². The second kappa shape index (κ2) is 8.55. The van der Waals surface area contributed by atoms with Gasteiger partial charge in [-0.05, 0) is 30.7 Å². The fraction of sp³-hybridized carbons (Fsp3) is 0.304. The Kier molecular flexibility index (Phi) is 5.96. The summed E-state index contributed by atoms with van der Waals surface area (Å²) < 4.78 is 37.4. The number of anilines is 1. The van der Waals surface area contributed by atoms with Gasteiger partial charge in [-0.15, -0.1) is 0 Å². The lowest BCUT2D eigenvalue weighted by Crippen LogP contribution is -2.20. The number of nitrogens with zero attached hydrogens (tertiary/aromatic N) is 3. The van der Waals surface area contributed by atoms with Crippen molar-refractivity contribution in [1.82, 2.24) is 14.8 Å². The van der Waals surface area contributed by atoms with Crippen molar-refractivity contribution in [3.8, 4) is 5.75 Å². The highest BCUT2D eigenvalue weighted by Gasteiger charge is 2.30. The third-order valence-corrected chi connectivity index (χ3v) is 7.21. The van der Waals surface area contributed by atoms with Gasteiger partial charge in [0.1, 0.15) is 10.6 Å². The summed E-state index contributed by atoms with van der Waals surface area (Å²) in [6, 6.07) is 15.3. The largest absolute Gasteiger partial charge is 0.494 e. The molecule has 4 rings (SSSR count). The number of rotatable bonds is 7. The van der Waals surface area contributed by atoms with Gasteiger partial charge < -0.3 is 4.74 Å². The van der Waals surface area contributed by atoms with Crippen molar-refractivity contribution in [2.24, 2.45) is 0 Å². The molecule has 2 aromatic carbocycles. The Bertz CT molecular complexity index is 1340. The Morgan fingerprint density at radius 1 is 1.12 bits per heavy atom. The smallest absolute Gasteiger partial charge is 0.267 e. The number of thiazole rings is 1. The van der Waals surface area contributed by atoms with Crippen molar-refractivity contribution < 1.29 is 13.2 Å². The lowest BCUT2D eigenvalue weighted by Gasteiger charge is -2.17. The minimum Gasteiger partial charge on any atom is -0.494 e. The van der Waals surface area contributed by atoms with Gasteiger partial charge in [0.05, 0.1) is 29.1 Å². The zero-order chi connectivity index (χ0) is 22.9. The first kappa shape index (κ1) is 22.3. The SMILES string of the molecule is CCOc1ccc2nc(NS(=O)(=O)c3cn(Cc4ccccc4)nc3C(C)(C)C)sc2c1. The molecule has 0 amide bonds. The summed E-state index contributed by atoms with van der Waals surface area (Å²) in [4.78, 5) is 4.60. The molecule has 0 spiro atoms. The highest BCUT2D eigenvalue weighted by Crippen LogP contribution is 2.33. The van der Waals surface area contributed by atoms with Crippen LogP contribution in [0.5, 0.6) is 5.75 Å². The van der Waals surface area contributed by atoms with E-state index >= 15 is 0 Å². The Morgan fingerprint density at radius 3 is 2.56 bits per heavy atom. The first-order valence-corrected chi connectivity index (χ1v) is 12.6. The number of hydrogen-bond donors (Lipinski definition) is 1. The summed E-state index contributed by atoms with van der Waals surface area (Å²) >= 11 is 1.27. The monoisotopic (exact) mass is 470 g/mol. The molecule has 0 fully saturated rings. The van der Waals surface area contributed by atoms with Crippen LogP contribution in [0.1, 0.15) is 39.0 Å². The van der Waals surface area contributed by atoms with Gasteiger partial charge in [0, 0.05) is 11.6 Å². The van der Waals surface area contributed by atoms with Crippen LogP contribution in [0.25, 0.3) is 10.2 Å². The van der Waals surface area contributed by atoms with E-state index in [9.17, 15) is 8.42 Å². The first-order chi connectivity index (χ1) is 15.2. The molecule has 1 N–H and O–H groups in total. The number of benzene rings is 2. The topological polar surface area (TPSA) is 86.1 Å². The molecule has 0 aliphatic carbocycles. The predicted octanol–water partition coefficient (Wildman–Crippen LogP) is 5.04. The van der Waals surface area contributed by atoms with E-state index in [2.05, 4.69) is 14.8 Å². The van der Waals surface area contributed by atoms with Crippen LogP contribution in [0.2, 0.25) is 0 Å². The Labute approximate surface area is 192 Å². The van der Waals surface area contributed by atoms with Crippen LogP contribution in [0.15, 0.2) is 59.6 Å². The molecule has 2 aromatic heterocycles. The van der Waals surface area contributed by atoms with Crippen LogP contribution in [0, 0.1) is 0 Å². The average Bonchev–Trinajstić information content (AvgIpc) is 3.32. The van der Waals surface area contributed by atoms with Crippen molar-refractivity contribution in [3.05, 3.63) is 66.0 Å². The van der Waals surface area contributed by atoms with Gasteiger partial charge in [0.2, 0.25) is 0 Å². The van der Waals surface area contributed by atoms with Gasteiger partial charge in [-0.1, -0.05) is 62.4 Å². The van der Waals surface area contributed by atoms with Crippen molar-refractivity contribution in [1.29, 1.82) is 0 Å². The van der Waals surface area contributed by atoms with E-state index in [1.165, 1.54) is 11.3 Å². The maximum Gasteiger partial charge on any atom is 0.267 e. The van der Waals surface area contributed by atoms with E-state index in [0.29, 0.717) is 29.5 Å². The molecule has 168 valence electrons.